The maximum Gasteiger partial charge on any atom is 0.118 e. The Morgan fingerprint density at radius 1 is 1.16 bits per heavy atom. The lowest BCUT2D eigenvalue weighted by atomic mass is 9.52. The largest absolute Gasteiger partial charge is 0.497 e. The second-order valence-electron chi connectivity index (χ2n) is 7.18. The molecule has 1 N–H and O–H groups in total. The zero-order valence-electron chi connectivity index (χ0n) is 12.3. The van der Waals surface area contributed by atoms with Gasteiger partial charge < -0.3 is 10.1 Å². The van der Waals surface area contributed by atoms with Gasteiger partial charge in [0.25, 0.3) is 0 Å². The van der Waals surface area contributed by atoms with E-state index < -0.39 is 0 Å². The predicted octanol–water partition coefficient (Wildman–Crippen LogP) is 3.51. The number of hydrogen-bond donors (Lipinski definition) is 1. The Balaban J connectivity index is 1.77. The molecule has 0 radical (unpaired) electrons. The summed E-state index contributed by atoms with van der Waals surface area (Å²) < 4.78 is 5.27. The van der Waals surface area contributed by atoms with Crippen LogP contribution in [0, 0.1) is 5.41 Å². The molecule has 3 rings (SSSR count). The fourth-order valence-electron chi connectivity index (χ4n) is 3.78. The van der Waals surface area contributed by atoms with Crippen molar-refractivity contribution >= 4 is 0 Å². The molecule has 104 valence electrons. The van der Waals surface area contributed by atoms with Gasteiger partial charge in [-0.2, -0.15) is 0 Å². The highest BCUT2D eigenvalue weighted by atomic mass is 16.5. The SMILES string of the molecule is COc1ccc(C2(CNC3CC3)CC(C)(C)C2)cc1. The summed E-state index contributed by atoms with van der Waals surface area (Å²) in [6, 6.07) is 9.49. The molecule has 0 heterocycles. The van der Waals surface area contributed by atoms with Crippen molar-refractivity contribution < 1.29 is 4.74 Å². The molecule has 0 aliphatic heterocycles. The Hall–Kier alpha value is -1.02. The molecule has 0 bridgehead atoms. The number of hydrogen-bond acceptors (Lipinski definition) is 2. The van der Waals surface area contributed by atoms with Gasteiger partial charge in [-0.15, -0.1) is 0 Å². The van der Waals surface area contributed by atoms with Gasteiger partial charge in [-0.25, -0.2) is 0 Å². The minimum absolute atomic E-state index is 0.346. The van der Waals surface area contributed by atoms with Crippen LogP contribution in [-0.4, -0.2) is 19.7 Å². The smallest absolute Gasteiger partial charge is 0.118 e. The van der Waals surface area contributed by atoms with Gasteiger partial charge in [-0.3, -0.25) is 0 Å². The van der Waals surface area contributed by atoms with Gasteiger partial charge >= 0.3 is 0 Å². The van der Waals surface area contributed by atoms with Crippen LogP contribution >= 0.6 is 0 Å². The minimum atomic E-state index is 0.346. The van der Waals surface area contributed by atoms with Gasteiger partial charge in [0.1, 0.15) is 5.75 Å². The molecule has 0 amide bonds. The maximum absolute atomic E-state index is 5.27. The summed E-state index contributed by atoms with van der Waals surface area (Å²) >= 11 is 0. The first kappa shape index (κ1) is 13.0. The van der Waals surface area contributed by atoms with E-state index in [1.165, 1.54) is 31.2 Å². The van der Waals surface area contributed by atoms with E-state index in [-0.39, 0.29) is 0 Å². The van der Waals surface area contributed by atoms with E-state index in [9.17, 15) is 0 Å². The van der Waals surface area contributed by atoms with E-state index in [1.807, 2.05) is 0 Å². The first-order chi connectivity index (χ1) is 9.03. The van der Waals surface area contributed by atoms with Crippen molar-refractivity contribution in [3.63, 3.8) is 0 Å². The van der Waals surface area contributed by atoms with Crippen molar-refractivity contribution in [1.29, 1.82) is 0 Å². The van der Waals surface area contributed by atoms with Gasteiger partial charge in [0, 0.05) is 18.0 Å². The number of rotatable bonds is 5. The molecule has 2 heteroatoms. The average Bonchev–Trinajstić information content (AvgIpc) is 3.17. The zero-order valence-corrected chi connectivity index (χ0v) is 12.3. The molecule has 0 saturated heterocycles. The summed E-state index contributed by atoms with van der Waals surface area (Å²) in [5, 5.41) is 3.73. The lowest BCUT2D eigenvalue weighted by Crippen LogP contribution is -2.52. The fraction of sp³-hybridized carbons (Fsp3) is 0.647. The van der Waals surface area contributed by atoms with Gasteiger partial charge in [0.05, 0.1) is 7.11 Å². The highest BCUT2D eigenvalue weighted by Crippen LogP contribution is 2.55. The molecule has 1 aromatic rings. The van der Waals surface area contributed by atoms with Crippen LogP contribution < -0.4 is 10.1 Å². The van der Waals surface area contributed by atoms with Crippen molar-refractivity contribution in [1.82, 2.24) is 5.32 Å². The molecule has 1 aromatic carbocycles. The van der Waals surface area contributed by atoms with Crippen molar-refractivity contribution in [3.8, 4) is 5.75 Å². The Labute approximate surface area is 116 Å². The minimum Gasteiger partial charge on any atom is -0.497 e. The van der Waals surface area contributed by atoms with Crippen LogP contribution in [0.3, 0.4) is 0 Å². The summed E-state index contributed by atoms with van der Waals surface area (Å²) in [7, 11) is 1.73. The third-order valence-corrected chi connectivity index (χ3v) is 4.64. The molecule has 0 aromatic heterocycles. The zero-order chi connectivity index (χ0) is 13.5. The highest BCUT2D eigenvalue weighted by molar-refractivity contribution is 5.35. The first-order valence-corrected chi connectivity index (χ1v) is 7.41. The predicted molar refractivity (Wildman–Crippen MR) is 78.7 cm³/mol. The first-order valence-electron chi connectivity index (χ1n) is 7.41. The molecular formula is C17H25NO. The quantitative estimate of drug-likeness (QED) is 0.873. The van der Waals surface area contributed by atoms with Crippen LogP contribution in [0.25, 0.3) is 0 Å². The molecule has 2 nitrogen and oxygen atoms in total. The molecule has 2 aliphatic carbocycles. The van der Waals surface area contributed by atoms with Gasteiger partial charge in [-0.1, -0.05) is 26.0 Å². The van der Waals surface area contributed by atoms with Crippen molar-refractivity contribution in [2.75, 3.05) is 13.7 Å². The molecule has 2 aliphatic rings. The molecular weight excluding hydrogens is 234 g/mol. The van der Waals surface area contributed by atoms with Crippen molar-refractivity contribution in [2.24, 2.45) is 5.41 Å². The number of methoxy groups -OCH3 is 1. The van der Waals surface area contributed by atoms with Crippen LogP contribution in [0.1, 0.15) is 45.1 Å². The average molecular weight is 259 g/mol. The van der Waals surface area contributed by atoms with Crippen LogP contribution in [0.2, 0.25) is 0 Å². The van der Waals surface area contributed by atoms with Gasteiger partial charge in [-0.05, 0) is 48.8 Å². The lowest BCUT2D eigenvalue weighted by Gasteiger charge is -2.54. The Morgan fingerprint density at radius 3 is 2.26 bits per heavy atom. The van der Waals surface area contributed by atoms with E-state index in [0.717, 1.165) is 18.3 Å². The van der Waals surface area contributed by atoms with E-state index in [2.05, 4.69) is 43.4 Å². The number of benzene rings is 1. The second kappa shape index (κ2) is 4.52. The van der Waals surface area contributed by atoms with Gasteiger partial charge in [0.2, 0.25) is 0 Å². The normalized spacial score (nSPS) is 23.7. The van der Waals surface area contributed by atoms with Gasteiger partial charge in [0.15, 0.2) is 0 Å². The standard InChI is InChI=1S/C17H25NO/c1-16(2)10-17(11-16,12-18-14-6-7-14)13-4-8-15(19-3)9-5-13/h4-5,8-9,14,18H,6-7,10-12H2,1-3H3. The van der Waals surface area contributed by atoms with E-state index >= 15 is 0 Å². The monoisotopic (exact) mass is 259 g/mol. The van der Waals surface area contributed by atoms with Crippen LogP contribution in [-0.2, 0) is 5.41 Å². The summed E-state index contributed by atoms with van der Waals surface area (Å²) in [6.45, 7) is 5.89. The number of ether oxygens (including phenoxy) is 1. The number of nitrogens with one attached hydrogen (secondary N) is 1. The molecule has 0 unspecified atom stereocenters. The molecule has 0 spiro atoms. The Morgan fingerprint density at radius 2 is 1.79 bits per heavy atom. The summed E-state index contributed by atoms with van der Waals surface area (Å²) in [6.07, 6.45) is 5.29. The Bertz CT molecular complexity index is 437. The third-order valence-electron chi connectivity index (χ3n) is 4.64. The maximum atomic E-state index is 5.27. The van der Waals surface area contributed by atoms with Crippen molar-refractivity contribution in [2.45, 2.75) is 51.0 Å². The third kappa shape index (κ3) is 2.64. The molecule has 19 heavy (non-hydrogen) atoms. The molecule has 0 atom stereocenters. The Kier molecular flexibility index (Phi) is 3.09. The summed E-state index contributed by atoms with van der Waals surface area (Å²) in [5.41, 5.74) is 2.31. The second-order valence-corrected chi connectivity index (χ2v) is 7.18. The topological polar surface area (TPSA) is 21.3 Å². The fourth-order valence-corrected chi connectivity index (χ4v) is 3.78. The van der Waals surface area contributed by atoms with E-state index in [1.54, 1.807) is 7.11 Å². The van der Waals surface area contributed by atoms with Crippen LogP contribution in [0.15, 0.2) is 24.3 Å². The van der Waals surface area contributed by atoms with E-state index in [0.29, 0.717) is 10.8 Å². The summed E-state index contributed by atoms with van der Waals surface area (Å²) in [5.74, 6) is 0.952. The van der Waals surface area contributed by atoms with E-state index in [4.69, 9.17) is 4.74 Å². The van der Waals surface area contributed by atoms with Crippen molar-refractivity contribution in [3.05, 3.63) is 29.8 Å². The molecule has 2 saturated carbocycles. The summed E-state index contributed by atoms with van der Waals surface area (Å²) in [4.78, 5) is 0. The van der Waals surface area contributed by atoms with Crippen LogP contribution in [0.5, 0.6) is 5.75 Å². The highest BCUT2D eigenvalue weighted by Gasteiger charge is 2.50. The lowest BCUT2D eigenvalue weighted by molar-refractivity contribution is 0.0560. The van der Waals surface area contributed by atoms with Crippen LogP contribution in [0.4, 0.5) is 0 Å². The molecule has 2 fully saturated rings.